The fourth-order valence-electron chi connectivity index (χ4n) is 2.87. The minimum Gasteiger partial charge on any atom is -0.375 e. The van der Waals surface area contributed by atoms with Crippen molar-refractivity contribution in [3.63, 3.8) is 0 Å². The van der Waals surface area contributed by atoms with Crippen molar-refractivity contribution in [3.05, 3.63) is 33.8 Å². The third-order valence-corrected chi connectivity index (χ3v) is 4.54. The van der Waals surface area contributed by atoms with E-state index in [2.05, 4.69) is 5.32 Å². The largest absolute Gasteiger partial charge is 0.375 e. The van der Waals surface area contributed by atoms with Gasteiger partial charge in [0.15, 0.2) is 0 Å². The normalized spacial score (nSPS) is 23.5. The Labute approximate surface area is 125 Å². The van der Waals surface area contributed by atoms with Gasteiger partial charge in [0.1, 0.15) is 12.1 Å². The summed E-state index contributed by atoms with van der Waals surface area (Å²) in [6.45, 7) is 1.05. The molecule has 2 rings (SSSR count). The number of methoxy groups -OCH3 is 1. The Morgan fingerprint density at radius 1 is 1.26 bits per heavy atom. The topological polar surface area (TPSA) is 25.8 Å². The first kappa shape index (κ1) is 15.1. The van der Waals surface area contributed by atoms with E-state index in [1.54, 1.807) is 0 Å². The molecule has 1 fully saturated rings. The van der Waals surface area contributed by atoms with Crippen molar-refractivity contribution in [1.29, 1.82) is 0 Å². The summed E-state index contributed by atoms with van der Waals surface area (Å²) in [5, 5.41) is 3.88. The fraction of sp³-hybridized carbons (Fsp3) is 0.600. The lowest BCUT2D eigenvalue weighted by atomic mass is 9.92. The van der Waals surface area contributed by atoms with Crippen LogP contribution in [0.4, 0.5) is 0 Å². The molecule has 0 heterocycles. The lowest BCUT2D eigenvalue weighted by Gasteiger charge is -2.28. The zero-order valence-corrected chi connectivity index (χ0v) is 12.9. The number of hydrogen-bond donors (Lipinski definition) is 1. The first-order valence-corrected chi connectivity index (χ1v) is 7.76. The van der Waals surface area contributed by atoms with Crippen molar-refractivity contribution in [1.82, 2.24) is 0 Å². The Hall–Kier alpha value is -0.280. The molecule has 1 saturated carbocycles. The molecule has 4 heteroatoms. The molecule has 0 aliphatic heterocycles. The van der Waals surface area contributed by atoms with Gasteiger partial charge in [-0.2, -0.15) is 0 Å². The Morgan fingerprint density at radius 3 is 2.79 bits per heavy atom. The molecule has 2 atom stereocenters. The van der Waals surface area contributed by atoms with Gasteiger partial charge in [0.2, 0.25) is 0 Å². The second-order valence-electron chi connectivity index (χ2n) is 5.23. The maximum Gasteiger partial charge on any atom is 0.112 e. The molecule has 0 bridgehead atoms. The molecule has 1 aliphatic carbocycles. The summed E-state index contributed by atoms with van der Waals surface area (Å²) in [5.41, 5.74) is 1.17. The van der Waals surface area contributed by atoms with Crippen LogP contribution in [0.3, 0.4) is 0 Å². The second kappa shape index (κ2) is 7.49. The van der Waals surface area contributed by atoms with Crippen LogP contribution in [0, 0.1) is 0 Å². The Morgan fingerprint density at radius 2 is 2.05 bits per heavy atom. The Bertz CT molecular complexity index is 411. The van der Waals surface area contributed by atoms with Crippen LogP contribution in [0.2, 0.25) is 10.0 Å². The smallest absolute Gasteiger partial charge is 0.112 e. The molecule has 0 saturated heterocycles. The third kappa shape index (κ3) is 4.35. The van der Waals surface area contributed by atoms with Crippen LogP contribution in [0.1, 0.15) is 31.2 Å². The molecule has 1 aromatic rings. The number of rotatable bonds is 5. The maximum atomic E-state index is 6.18. The van der Waals surface area contributed by atoms with Crippen LogP contribution in [0.5, 0.6) is 0 Å². The fourth-order valence-corrected chi connectivity index (χ4v) is 3.37. The highest BCUT2D eigenvalue weighted by atomic mass is 35.5. The van der Waals surface area contributed by atoms with Gasteiger partial charge in [0.25, 0.3) is 0 Å². The van der Waals surface area contributed by atoms with Crippen molar-refractivity contribution in [3.8, 4) is 0 Å². The number of hydrogen-bond acceptors (Lipinski definition) is 1. The third-order valence-electron chi connectivity index (χ3n) is 3.95. The second-order valence-corrected chi connectivity index (χ2v) is 6.08. The van der Waals surface area contributed by atoms with E-state index in [0.29, 0.717) is 17.2 Å². The van der Waals surface area contributed by atoms with Crippen LogP contribution in [-0.4, -0.2) is 25.8 Å². The molecule has 0 amide bonds. The van der Waals surface area contributed by atoms with Crippen molar-refractivity contribution >= 4 is 23.2 Å². The van der Waals surface area contributed by atoms with E-state index >= 15 is 0 Å². The van der Waals surface area contributed by atoms with Gasteiger partial charge in [-0.25, -0.2) is 0 Å². The summed E-state index contributed by atoms with van der Waals surface area (Å²) in [6, 6.07) is 6.34. The van der Waals surface area contributed by atoms with E-state index in [1.807, 2.05) is 25.3 Å². The van der Waals surface area contributed by atoms with Gasteiger partial charge in [-0.3, -0.25) is 0 Å². The first-order valence-electron chi connectivity index (χ1n) is 7.00. The summed E-state index contributed by atoms with van der Waals surface area (Å²) in [4.78, 5) is 0. The molecule has 2 nitrogen and oxygen atoms in total. The van der Waals surface area contributed by atoms with E-state index in [4.69, 9.17) is 27.9 Å². The molecule has 0 radical (unpaired) electrons. The van der Waals surface area contributed by atoms with Gasteiger partial charge in [-0.15, -0.1) is 0 Å². The van der Waals surface area contributed by atoms with Crippen LogP contribution in [0.15, 0.2) is 18.2 Å². The predicted octanol–water partition coefficient (Wildman–Crippen LogP) is 3.06. The van der Waals surface area contributed by atoms with Crippen molar-refractivity contribution in [2.24, 2.45) is 0 Å². The first-order chi connectivity index (χ1) is 9.20. The SMILES string of the molecule is COC1CCCCC1[NH2+]CCc1ccc(Cl)cc1Cl. The van der Waals surface area contributed by atoms with E-state index in [9.17, 15) is 0 Å². The molecule has 19 heavy (non-hydrogen) atoms. The monoisotopic (exact) mass is 302 g/mol. The number of halogens is 2. The quantitative estimate of drug-likeness (QED) is 0.889. The average Bonchev–Trinajstić information content (AvgIpc) is 2.42. The van der Waals surface area contributed by atoms with Gasteiger partial charge in [0, 0.05) is 30.0 Å². The predicted molar refractivity (Wildman–Crippen MR) is 80.0 cm³/mol. The summed E-state index contributed by atoms with van der Waals surface area (Å²) >= 11 is 12.1. The number of nitrogens with two attached hydrogens (primary N) is 1. The van der Waals surface area contributed by atoms with Crippen LogP contribution < -0.4 is 5.32 Å². The van der Waals surface area contributed by atoms with E-state index < -0.39 is 0 Å². The molecule has 2 N–H and O–H groups in total. The number of quaternary nitrogens is 1. The lowest BCUT2D eigenvalue weighted by molar-refractivity contribution is -0.698. The molecule has 1 aromatic carbocycles. The van der Waals surface area contributed by atoms with Crippen molar-refractivity contribution in [2.75, 3.05) is 13.7 Å². The van der Waals surface area contributed by atoms with Crippen LogP contribution in [0.25, 0.3) is 0 Å². The summed E-state index contributed by atoms with van der Waals surface area (Å²) < 4.78 is 5.57. The minimum atomic E-state index is 0.412. The van der Waals surface area contributed by atoms with Gasteiger partial charge >= 0.3 is 0 Å². The van der Waals surface area contributed by atoms with Crippen molar-refractivity contribution in [2.45, 2.75) is 44.2 Å². The molecule has 1 aliphatic rings. The highest BCUT2D eigenvalue weighted by Crippen LogP contribution is 2.21. The van der Waals surface area contributed by atoms with E-state index in [1.165, 1.54) is 31.2 Å². The highest BCUT2D eigenvalue weighted by Gasteiger charge is 2.27. The molecule has 106 valence electrons. The van der Waals surface area contributed by atoms with Crippen molar-refractivity contribution < 1.29 is 10.1 Å². The highest BCUT2D eigenvalue weighted by molar-refractivity contribution is 6.35. The summed E-state index contributed by atoms with van der Waals surface area (Å²) in [5.74, 6) is 0. The maximum absolute atomic E-state index is 6.18. The number of ether oxygens (including phenoxy) is 1. The van der Waals surface area contributed by atoms with E-state index in [-0.39, 0.29) is 0 Å². The van der Waals surface area contributed by atoms with Gasteiger partial charge in [0.05, 0.1) is 6.54 Å². The zero-order chi connectivity index (χ0) is 13.7. The number of benzene rings is 1. The molecule has 0 spiro atoms. The van der Waals surface area contributed by atoms with Gasteiger partial charge in [-0.1, -0.05) is 35.7 Å². The molecular formula is C15H22Cl2NO+. The van der Waals surface area contributed by atoms with Crippen LogP contribution >= 0.6 is 23.2 Å². The standard InChI is InChI=1S/C15H21Cl2NO/c1-19-15-5-3-2-4-14(15)18-9-8-11-6-7-12(16)10-13(11)17/h6-7,10,14-15,18H,2-5,8-9H2,1H3/p+1. The Balaban J connectivity index is 1.82. The Kier molecular flexibility index (Phi) is 5.96. The molecule has 2 unspecified atom stereocenters. The zero-order valence-electron chi connectivity index (χ0n) is 11.4. The molecular weight excluding hydrogens is 281 g/mol. The van der Waals surface area contributed by atoms with Gasteiger partial charge in [-0.05, 0) is 30.5 Å². The minimum absolute atomic E-state index is 0.412. The average molecular weight is 303 g/mol. The summed E-state index contributed by atoms with van der Waals surface area (Å²) in [7, 11) is 1.83. The van der Waals surface area contributed by atoms with E-state index in [0.717, 1.165) is 18.0 Å². The summed E-state index contributed by atoms with van der Waals surface area (Å²) in [6.07, 6.45) is 6.46. The van der Waals surface area contributed by atoms with Gasteiger partial charge < -0.3 is 10.1 Å². The molecule has 0 aromatic heterocycles. The van der Waals surface area contributed by atoms with Crippen LogP contribution in [-0.2, 0) is 11.2 Å². The lowest BCUT2D eigenvalue weighted by Crippen LogP contribution is -2.93.